The summed E-state index contributed by atoms with van der Waals surface area (Å²) in [5, 5.41) is 37.7. The van der Waals surface area contributed by atoms with Crippen LogP contribution < -0.4 is 31.9 Å². The molecule has 1 aromatic heterocycles. The number of hydrogen-bond acceptors (Lipinski definition) is 15. The van der Waals surface area contributed by atoms with Gasteiger partial charge in [-0.1, -0.05) is 73.4 Å². The summed E-state index contributed by atoms with van der Waals surface area (Å²) < 4.78 is 12.9. The van der Waals surface area contributed by atoms with Crippen LogP contribution in [0.3, 0.4) is 0 Å². The third kappa shape index (κ3) is 19.5. The molecule has 3 fully saturated rings. The van der Waals surface area contributed by atoms with E-state index in [2.05, 4.69) is 42.2 Å². The zero-order chi connectivity index (χ0) is 60.4. The van der Waals surface area contributed by atoms with Gasteiger partial charge in [-0.15, -0.1) is 5.10 Å². The number of urea groups is 1. The zero-order valence-corrected chi connectivity index (χ0v) is 51.1. The number of ether oxygens (including phenoxy) is 2. The van der Waals surface area contributed by atoms with Gasteiger partial charge in [0.05, 0.1) is 56.9 Å². The monoisotopic (exact) mass is 1160 g/mol. The molecule has 7 N–H and O–H groups in total. The van der Waals surface area contributed by atoms with Gasteiger partial charge in [0.25, 0.3) is 0 Å². The molecule has 0 bridgehead atoms. The first kappa shape index (κ1) is 67.9. The van der Waals surface area contributed by atoms with E-state index in [0.29, 0.717) is 31.2 Å². The molecule has 0 unspecified atom stereocenters. The van der Waals surface area contributed by atoms with Crippen LogP contribution in [-0.2, 0) is 60.8 Å². The number of hydrogen-bond donors (Lipinski definition) is 7. The smallest absolute Gasteiger partial charge is 0.315 e. The summed E-state index contributed by atoms with van der Waals surface area (Å²) in [4.78, 5) is 130. The molecule has 0 radical (unpaired) electrons. The number of aliphatic hydroxyl groups excluding tert-OH is 1. The van der Waals surface area contributed by atoms with E-state index in [-0.39, 0.29) is 87.2 Å². The van der Waals surface area contributed by atoms with Crippen LogP contribution in [0.1, 0.15) is 120 Å². The third-order valence-electron chi connectivity index (χ3n) is 15.7. The van der Waals surface area contributed by atoms with Crippen molar-refractivity contribution in [3.05, 3.63) is 11.9 Å². The van der Waals surface area contributed by atoms with Gasteiger partial charge in [-0.05, 0) is 63.2 Å². The fraction of sp³-hybridized carbons (Fsp3) is 0.800. The maximum absolute atomic E-state index is 14.8. The second kappa shape index (κ2) is 32.3. The molecule has 3 saturated heterocycles. The van der Waals surface area contributed by atoms with Crippen molar-refractivity contribution in [2.45, 2.75) is 193 Å². The molecule has 25 nitrogen and oxygen atoms in total. The average Bonchev–Trinajstić information content (AvgIpc) is 4.19. The molecule has 458 valence electrons. The summed E-state index contributed by atoms with van der Waals surface area (Å²) in [7, 11) is 5.72. The highest BCUT2D eigenvalue weighted by molar-refractivity contribution is 8.00. The molecule has 81 heavy (non-hydrogen) atoms. The number of aromatic nitrogens is 3. The van der Waals surface area contributed by atoms with Crippen molar-refractivity contribution in [2.75, 3.05) is 66.9 Å². The summed E-state index contributed by atoms with van der Waals surface area (Å²) in [5.41, 5.74) is 0.283. The number of fused-ring (bicyclic) bond motifs is 1. The highest BCUT2D eigenvalue weighted by atomic mass is 32.2. The Balaban J connectivity index is 1.49. The zero-order valence-electron chi connectivity index (χ0n) is 50.3. The number of unbranched alkanes of at least 4 members (excludes halogenated alkanes) is 1. The van der Waals surface area contributed by atoms with E-state index < -0.39 is 102 Å². The summed E-state index contributed by atoms with van der Waals surface area (Å²) >= 11 is 1.86. The molecular formula is C55H95N13O12S. The van der Waals surface area contributed by atoms with Crippen LogP contribution in [0.5, 0.6) is 0 Å². The number of nitrogens with one attached hydrogen (secondary N) is 6. The van der Waals surface area contributed by atoms with E-state index in [0.717, 1.165) is 29.9 Å². The van der Waals surface area contributed by atoms with Gasteiger partial charge < -0.3 is 66.1 Å². The lowest BCUT2D eigenvalue weighted by Crippen LogP contribution is -2.63. The molecule has 26 heteroatoms. The van der Waals surface area contributed by atoms with Crippen LogP contribution in [0.25, 0.3) is 0 Å². The SMILES string of the molecule is CC[C@H](C)[C@H]1NC(=O)[C@@H]([C@H](O)C(C)C)NC(=O)[C@@H](Cc2cn(CCOCCOCCNC(=O)CCCC[C@@H]3SC[C@@H]4NC(=O)N[C@@H]43)nn2)N(C)C(=O)[C@H](C)N(C)C(=O)[C@H](CC(C)C)NC(=O)[C@H](CC(C)C)N(C)C(=O)[C@H](C)N(C)C1=O. The summed E-state index contributed by atoms with van der Waals surface area (Å²) in [5.74, 6) is -5.15. The van der Waals surface area contributed by atoms with Gasteiger partial charge in [0.2, 0.25) is 47.3 Å². The maximum Gasteiger partial charge on any atom is 0.315 e. The number of carbonyl (C=O) groups is 9. The number of nitrogens with zero attached hydrogens (tertiary/aromatic N) is 7. The molecule has 1 aromatic rings. The molecule has 4 heterocycles. The Morgan fingerprint density at radius 1 is 0.716 bits per heavy atom. The van der Waals surface area contributed by atoms with E-state index in [1.165, 1.54) is 61.4 Å². The van der Waals surface area contributed by atoms with Gasteiger partial charge in [-0.25, -0.2) is 9.48 Å². The van der Waals surface area contributed by atoms with Crippen molar-refractivity contribution in [1.29, 1.82) is 0 Å². The van der Waals surface area contributed by atoms with Crippen LogP contribution in [0.15, 0.2) is 6.20 Å². The molecule has 0 aliphatic carbocycles. The van der Waals surface area contributed by atoms with Crippen molar-refractivity contribution in [2.24, 2.45) is 23.7 Å². The van der Waals surface area contributed by atoms with E-state index in [4.69, 9.17) is 9.47 Å². The highest BCUT2D eigenvalue weighted by Crippen LogP contribution is 2.33. The topological polar surface area (TPSA) is 308 Å². The van der Waals surface area contributed by atoms with E-state index in [1.807, 2.05) is 46.4 Å². The lowest BCUT2D eigenvalue weighted by Gasteiger charge is -2.37. The quantitative estimate of drug-likeness (QED) is 0.0553. The number of aliphatic hydroxyl groups is 1. The Kier molecular flexibility index (Phi) is 27.1. The van der Waals surface area contributed by atoms with Gasteiger partial charge in [-0.2, -0.15) is 11.8 Å². The molecule has 4 rings (SSSR count). The molecule has 12 atom stereocenters. The minimum atomic E-state index is -1.64. The molecule has 0 saturated carbocycles. The lowest BCUT2D eigenvalue weighted by molar-refractivity contribution is -0.150. The van der Waals surface area contributed by atoms with Crippen molar-refractivity contribution in [1.82, 2.24) is 66.5 Å². The van der Waals surface area contributed by atoms with Crippen molar-refractivity contribution < 1.29 is 57.7 Å². The number of carbonyl (C=O) groups excluding carboxylic acids is 9. The van der Waals surface area contributed by atoms with Crippen LogP contribution in [0.2, 0.25) is 0 Å². The predicted octanol–water partition coefficient (Wildman–Crippen LogP) is 0.667. The Bertz CT molecular complexity index is 2290. The number of thioether (sulfide) groups is 1. The standard InChI is InChI=1S/C55H95N13O12S/c1-15-34(8)44-54(77)65(12)36(10)52(75)66(13)40(27-32(4)5)48(71)57-38(26-31(2)3)53(76)64(11)35(9)51(74)67(14)41(49(72)60-46(50(73)59-44)47(70)33(6)7)28-37-29-68(63-62-37)21-23-80-25-24-79-22-20-56-43(69)19-17-16-18-42-45-39(30-81-42)58-55(78)61-45/h29,31-36,38-42,44-47,70H,15-28,30H2,1-14H3,(H,56,69)(H,57,71)(H,59,73)(H,60,72)(H2,58,61,78)/t34-,35-,36-,38-,39-,40-,41+,42-,44+,45-,46+,47+/m0/s1. The van der Waals surface area contributed by atoms with E-state index in [1.54, 1.807) is 27.0 Å². The average molecular weight is 1160 g/mol. The predicted molar refractivity (Wildman–Crippen MR) is 305 cm³/mol. The summed E-state index contributed by atoms with van der Waals surface area (Å²) in [6.07, 6.45) is 3.72. The second-order valence-corrected chi connectivity index (χ2v) is 24.5. The molecule has 0 aromatic carbocycles. The summed E-state index contributed by atoms with van der Waals surface area (Å²) in [6.45, 7) is 19.2. The third-order valence-corrected chi connectivity index (χ3v) is 17.2. The van der Waals surface area contributed by atoms with Gasteiger partial charge in [0, 0.05) is 64.8 Å². The Labute approximate surface area is 482 Å². The first-order chi connectivity index (χ1) is 38.2. The number of rotatable bonds is 24. The Morgan fingerprint density at radius 3 is 1.93 bits per heavy atom. The Hall–Kier alpha value is -5.60. The largest absolute Gasteiger partial charge is 0.390 e. The fourth-order valence-corrected chi connectivity index (χ4v) is 11.6. The molecular weight excluding hydrogens is 1070 g/mol. The maximum atomic E-state index is 14.8. The van der Waals surface area contributed by atoms with Crippen molar-refractivity contribution in [3.63, 3.8) is 0 Å². The van der Waals surface area contributed by atoms with Gasteiger partial charge in [-0.3, -0.25) is 38.4 Å². The van der Waals surface area contributed by atoms with Crippen LogP contribution >= 0.6 is 11.8 Å². The minimum Gasteiger partial charge on any atom is -0.390 e. The fourth-order valence-electron chi connectivity index (χ4n) is 10.0. The highest BCUT2D eigenvalue weighted by Gasteiger charge is 2.44. The molecule has 0 spiro atoms. The van der Waals surface area contributed by atoms with Gasteiger partial charge in [0.1, 0.15) is 42.3 Å². The van der Waals surface area contributed by atoms with E-state index in [9.17, 15) is 48.3 Å². The normalized spacial score (nSPS) is 26.8. The molecule has 10 amide bonds. The second-order valence-electron chi connectivity index (χ2n) is 23.2. The summed E-state index contributed by atoms with van der Waals surface area (Å²) in [6, 6.07) is -8.51. The van der Waals surface area contributed by atoms with Crippen LogP contribution in [0, 0.1) is 23.7 Å². The molecule has 3 aliphatic heterocycles. The minimum absolute atomic E-state index is 0.0436. The number of likely N-dealkylation sites (N-methyl/N-ethyl adjacent to an activating group) is 4. The first-order valence-corrected chi connectivity index (χ1v) is 29.9. The Morgan fingerprint density at radius 2 is 1.31 bits per heavy atom. The first-order valence-electron chi connectivity index (χ1n) is 28.8. The lowest BCUT2D eigenvalue weighted by atomic mass is 9.94. The number of amides is 10. The van der Waals surface area contributed by atoms with Crippen molar-refractivity contribution in [3.8, 4) is 0 Å². The van der Waals surface area contributed by atoms with Gasteiger partial charge >= 0.3 is 6.03 Å². The van der Waals surface area contributed by atoms with E-state index >= 15 is 0 Å². The van der Waals surface area contributed by atoms with Gasteiger partial charge in [0.15, 0.2) is 0 Å². The van der Waals surface area contributed by atoms with Crippen LogP contribution in [-0.4, -0.2) is 226 Å². The van der Waals surface area contributed by atoms with Crippen molar-refractivity contribution >= 4 is 65.1 Å². The van der Waals surface area contributed by atoms with Crippen LogP contribution in [0.4, 0.5) is 4.79 Å². The molecule has 3 aliphatic rings.